The van der Waals surface area contributed by atoms with Crippen LogP contribution < -0.4 is 10.1 Å². The van der Waals surface area contributed by atoms with E-state index in [9.17, 15) is 4.79 Å². The monoisotopic (exact) mass is 267 g/mol. The highest BCUT2D eigenvalue weighted by Gasteiger charge is 2.13. The van der Waals surface area contributed by atoms with Gasteiger partial charge in [0.25, 0.3) is 5.91 Å². The summed E-state index contributed by atoms with van der Waals surface area (Å²) in [5.41, 5.74) is 0.516. The van der Waals surface area contributed by atoms with Gasteiger partial charge >= 0.3 is 0 Å². The molecule has 1 N–H and O–H groups in total. The Morgan fingerprint density at radius 2 is 1.95 bits per heavy atom. The maximum atomic E-state index is 12.1. The first-order valence-corrected chi connectivity index (χ1v) is 6.28. The van der Waals surface area contributed by atoms with Gasteiger partial charge in [-0.3, -0.25) is 4.79 Å². The SMILES string of the molecule is CCCOc1ccccc1C(=O)NCC(OC)OC. The lowest BCUT2D eigenvalue weighted by molar-refractivity contribution is -0.0974. The van der Waals surface area contributed by atoms with Crippen LogP contribution in [0.5, 0.6) is 5.75 Å². The lowest BCUT2D eigenvalue weighted by Crippen LogP contribution is -2.34. The van der Waals surface area contributed by atoms with Crippen molar-refractivity contribution in [2.75, 3.05) is 27.4 Å². The number of carbonyl (C=O) groups is 1. The van der Waals surface area contributed by atoms with Crippen molar-refractivity contribution in [3.63, 3.8) is 0 Å². The second kappa shape index (κ2) is 8.50. The van der Waals surface area contributed by atoms with Crippen molar-refractivity contribution in [2.24, 2.45) is 0 Å². The summed E-state index contributed by atoms with van der Waals surface area (Å²) >= 11 is 0. The van der Waals surface area contributed by atoms with Crippen LogP contribution in [0.1, 0.15) is 23.7 Å². The number of nitrogens with one attached hydrogen (secondary N) is 1. The lowest BCUT2D eigenvalue weighted by Gasteiger charge is -2.15. The highest BCUT2D eigenvalue weighted by molar-refractivity contribution is 5.96. The Morgan fingerprint density at radius 1 is 1.26 bits per heavy atom. The highest BCUT2D eigenvalue weighted by Crippen LogP contribution is 2.17. The van der Waals surface area contributed by atoms with Crippen LogP contribution in [0.4, 0.5) is 0 Å². The summed E-state index contributed by atoms with van der Waals surface area (Å²) in [6.07, 6.45) is 0.443. The quantitative estimate of drug-likeness (QED) is 0.730. The molecule has 0 heterocycles. The zero-order valence-corrected chi connectivity index (χ0v) is 11.6. The zero-order valence-electron chi connectivity index (χ0n) is 11.6. The molecule has 1 rings (SSSR count). The van der Waals surface area contributed by atoms with Crippen molar-refractivity contribution in [2.45, 2.75) is 19.6 Å². The van der Waals surface area contributed by atoms with Crippen LogP contribution in [-0.4, -0.2) is 39.6 Å². The van der Waals surface area contributed by atoms with E-state index in [-0.39, 0.29) is 12.5 Å². The predicted octanol–water partition coefficient (Wildman–Crippen LogP) is 1.82. The number of amides is 1. The summed E-state index contributed by atoms with van der Waals surface area (Å²) < 4.78 is 15.6. The van der Waals surface area contributed by atoms with Gasteiger partial charge in [0, 0.05) is 14.2 Å². The fourth-order valence-electron chi connectivity index (χ4n) is 1.53. The molecule has 1 aromatic carbocycles. The molecule has 0 atom stereocenters. The first-order chi connectivity index (χ1) is 9.22. The molecular weight excluding hydrogens is 246 g/mol. The van der Waals surface area contributed by atoms with Crippen molar-refractivity contribution in [1.82, 2.24) is 5.32 Å². The van der Waals surface area contributed by atoms with Gasteiger partial charge in [-0.05, 0) is 18.6 Å². The smallest absolute Gasteiger partial charge is 0.255 e. The van der Waals surface area contributed by atoms with Gasteiger partial charge in [-0.2, -0.15) is 0 Å². The average molecular weight is 267 g/mol. The molecule has 0 unspecified atom stereocenters. The Balaban J connectivity index is 2.65. The number of ether oxygens (including phenoxy) is 3. The standard InChI is InChI=1S/C14H21NO4/c1-4-9-19-12-8-6-5-7-11(12)14(16)15-10-13(17-2)18-3/h5-8,13H,4,9-10H2,1-3H3,(H,15,16). The Bertz CT molecular complexity index is 391. The third kappa shape index (κ3) is 4.89. The highest BCUT2D eigenvalue weighted by atomic mass is 16.7. The molecule has 0 aliphatic heterocycles. The zero-order chi connectivity index (χ0) is 14.1. The van der Waals surface area contributed by atoms with Gasteiger partial charge in [0.2, 0.25) is 0 Å². The maximum absolute atomic E-state index is 12.1. The van der Waals surface area contributed by atoms with Gasteiger partial charge in [-0.1, -0.05) is 19.1 Å². The van der Waals surface area contributed by atoms with Gasteiger partial charge in [-0.15, -0.1) is 0 Å². The van der Waals surface area contributed by atoms with E-state index in [1.54, 1.807) is 18.2 Å². The predicted molar refractivity (Wildman–Crippen MR) is 72.4 cm³/mol. The van der Waals surface area contributed by atoms with Crippen molar-refractivity contribution < 1.29 is 19.0 Å². The van der Waals surface area contributed by atoms with Crippen LogP contribution in [0.2, 0.25) is 0 Å². The number of benzene rings is 1. The minimum atomic E-state index is -0.451. The summed E-state index contributed by atoms with van der Waals surface area (Å²) in [5, 5.41) is 2.75. The third-order valence-corrected chi connectivity index (χ3v) is 2.55. The first kappa shape index (κ1) is 15.5. The molecule has 1 aromatic rings. The van der Waals surface area contributed by atoms with E-state index in [0.717, 1.165) is 6.42 Å². The van der Waals surface area contributed by atoms with Crippen LogP contribution >= 0.6 is 0 Å². The van der Waals surface area contributed by atoms with Gasteiger partial charge in [0.15, 0.2) is 6.29 Å². The normalized spacial score (nSPS) is 10.5. The fraction of sp³-hybridized carbons (Fsp3) is 0.500. The largest absolute Gasteiger partial charge is 0.493 e. The first-order valence-electron chi connectivity index (χ1n) is 6.28. The van der Waals surface area contributed by atoms with Crippen LogP contribution in [0.15, 0.2) is 24.3 Å². The lowest BCUT2D eigenvalue weighted by atomic mass is 10.2. The molecule has 0 saturated heterocycles. The van der Waals surface area contributed by atoms with Crippen LogP contribution in [0, 0.1) is 0 Å². The second-order valence-electron chi connectivity index (χ2n) is 3.96. The third-order valence-electron chi connectivity index (χ3n) is 2.55. The molecule has 0 saturated carbocycles. The Hall–Kier alpha value is -1.59. The van der Waals surface area contributed by atoms with E-state index >= 15 is 0 Å². The molecule has 1 amide bonds. The molecule has 5 nitrogen and oxygen atoms in total. The maximum Gasteiger partial charge on any atom is 0.255 e. The van der Waals surface area contributed by atoms with Crippen molar-refractivity contribution in [1.29, 1.82) is 0 Å². The number of para-hydroxylation sites is 1. The molecule has 0 bridgehead atoms. The fourth-order valence-corrected chi connectivity index (χ4v) is 1.53. The Morgan fingerprint density at radius 3 is 2.58 bits per heavy atom. The van der Waals surface area contributed by atoms with Gasteiger partial charge in [0.1, 0.15) is 5.75 Å². The molecule has 0 fully saturated rings. The summed E-state index contributed by atoms with van der Waals surface area (Å²) in [5.74, 6) is 0.388. The molecular formula is C14H21NO4. The summed E-state index contributed by atoms with van der Waals surface area (Å²) in [6.45, 7) is 2.89. The molecule has 0 aromatic heterocycles. The molecule has 5 heteroatoms. The van der Waals surface area contributed by atoms with Crippen molar-refractivity contribution in [3.05, 3.63) is 29.8 Å². The van der Waals surface area contributed by atoms with E-state index < -0.39 is 6.29 Å². The minimum absolute atomic E-state index is 0.203. The second-order valence-corrected chi connectivity index (χ2v) is 3.96. The molecule has 0 aliphatic carbocycles. The van der Waals surface area contributed by atoms with Gasteiger partial charge in [0.05, 0.1) is 18.7 Å². The van der Waals surface area contributed by atoms with Crippen LogP contribution in [-0.2, 0) is 9.47 Å². The number of carbonyl (C=O) groups excluding carboxylic acids is 1. The molecule has 19 heavy (non-hydrogen) atoms. The number of hydrogen-bond donors (Lipinski definition) is 1. The number of rotatable bonds is 8. The van der Waals surface area contributed by atoms with E-state index in [4.69, 9.17) is 14.2 Å². The topological polar surface area (TPSA) is 56.8 Å². The Labute approximate surface area is 113 Å². The van der Waals surface area contributed by atoms with Gasteiger partial charge < -0.3 is 19.5 Å². The van der Waals surface area contributed by atoms with Crippen molar-refractivity contribution >= 4 is 5.91 Å². The average Bonchev–Trinajstić information content (AvgIpc) is 2.46. The summed E-state index contributed by atoms with van der Waals surface area (Å²) in [7, 11) is 3.05. The van der Waals surface area contributed by atoms with E-state index in [0.29, 0.717) is 17.9 Å². The Kier molecular flexibility index (Phi) is 6.92. The number of methoxy groups -OCH3 is 2. The van der Waals surface area contributed by atoms with Crippen LogP contribution in [0.3, 0.4) is 0 Å². The molecule has 0 radical (unpaired) electrons. The van der Waals surface area contributed by atoms with E-state index in [1.165, 1.54) is 14.2 Å². The van der Waals surface area contributed by atoms with Crippen molar-refractivity contribution in [3.8, 4) is 5.75 Å². The molecule has 0 spiro atoms. The van der Waals surface area contributed by atoms with E-state index in [1.807, 2.05) is 13.0 Å². The molecule has 106 valence electrons. The molecule has 0 aliphatic rings. The van der Waals surface area contributed by atoms with Gasteiger partial charge in [-0.25, -0.2) is 0 Å². The van der Waals surface area contributed by atoms with Crippen LogP contribution in [0.25, 0.3) is 0 Å². The number of hydrogen-bond acceptors (Lipinski definition) is 4. The summed E-state index contributed by atoms with van der Waals surface area (Å²) in [4.78, 5) is 12.1. The minimum Gasteiger partial charge on any atom is -0.493 e. The van der Waals surface area contributed by atoms with E-state index in [2.05, 4.69) is 5.32 Å². The summed E-state index contributed by atoms with van der Waals surface area (Å²) in [6, 6.07) is 7.16.